The summed E-state index contributed by atoms with van der Waals surface area (Å²) in [6, 6.07) is 7.62. The van der Waals surface area contributed by atoms with Crippen molar-refractivity contribution in [3.63, 3.8) is 0 Å². The molecule has 0 heterocycles. The van der Waals surface area contributed by atoms with Gasteiger partial charge in [-0.25, -0.2) is 0 Å². The van der Waals surface area contributed by atoms with Gasteiger partial charge in [0.1, 0.15) is 0 Å². The zero-order chi connectivity index (χ0) is 12.8. The Hall–Kier alpha value is -1.49. The Morgan fingerprint density at radius 2 is 2.06 bits per heavy atom. The third-order valence-electron chi connectivity index (χ3n) is 2.21. The third-order valence-corrected chi connectivity index (χ3v) is 3.12. The maximum atomic E-state index is 11.7. The lowest BCUT2D eigenvalue weighted by Crippen LogP contribution is -2.28. The molecular formula is C12H15NO3S. The molecule has 17 heavy (non-hydrogen) atoms. The number of thioether (sulfide) groups is 1. The summed E-state index contributed by atoms with van der Waals surface area (Å²) in [6.45, 7) is 1.96. The Morgan fingerprint density at radius 3 is 2.65 bits per heavy atom. The summed E-state index contributed by atoms with van der Waals surface area (Å²) >= 11 is 1.11. The fourth-order valence-electron chi connectivity index (χ4n) is 1.30. The Bertz CT molecular complexity index is 420. The highest BCUT2D eigenvalue weighted by molar-refractivity contribution is 8.00. The molecule has 0 aliphatic heterocycles. The number of carboxylic acids is 1. The van der Waals surface area contributed by atoms with Gasteiger partial charge in [-0.05, 0) is 24.6 Å². The van der Waals surface area contributed by atoms with Crippen LogP contribution >= 0.6 is 11.8 Å². The Kier molecular flexibility index (Phi) is 5.03. The minimum absolute atomic E-state index is 0.0482. The van der Waals surface area contributed by atoms with Crippen molar-refractivity contribution in [2.45, 2.75) is 6.92 Å². The van der Waals surface area contributed by atoms with Gasteiger partial charge in [-0.1, -0.05) is 12.1 Å². The van der Waals surface area contributed by atoms with Crippen LogP contribution in [0.5, 0.6) is 0 Å². The summed E-state index contributed by atoms with van der Waals surface area (Å²) in [5, 5.41) is 8.47. The molecule has 0 bridgehead atoms. The van der Waals surface area contributed by atoms with Gasteiger partial charge in [-0.15, -0.1) is 11.8 Å². The molecule has 5 heteroatoms. The minimum atomic E-state index is -0.902. The van der Waals surface area contributed by atoms with Crippen LogP contribution in [0, 0.1) is 6.92 Å². The SMILES string of the molecule is Cc1cccc(N(C)C(=O)CSCC(=O)O)c1. The summed E-state index contributed by atoms with van der Waals surface area (Å²) in [5.41, 5.74) is 1.91. The van der Waals surface area contributed by atoms with E-state index < -0.39 is 5.97 Å². The van der Waals surface area contributed by atoms with E-state index in [9.17, 15) is 9.59 Å². The second-order valence-corrected chi connectivity index (χ2v) is 4.66. The maximum absolute atomic E-state index is 11.7. The summed E-state index contributed by atoms with van der Waals surface area (Å²) in [5.74, 6) is -0.868. The number of anilines is 1. The van der Waals surface area contributed by atoms with Gasteiger partial charge in [0.05, 0.1) is 11.5 Å². The molecule has 0 aromatic heterocycles. The fourth-order valence-corrected chi connectivity index (χ4v) is 1.95. The molecule has 0 radical (unpaired) electrons. The van der Waals surface area contributed by atoms with Crippen LogP contribution < -0.4 is 4.90 Å². The van der Waals surface area contributed by atoms with Gasteiger partial charge in [-0.3, -0.25) is 9.59 Å². The highest BCUT2D eigenvalue weighted by Crippen LogP contribution is 2.15. The van der Waals surface area contributed by atoms with Gasteiger partial charge in [-0.2, -0.15) is 0 Å². The molecule has 1 aromatic carbocycles. The minimum Gasteiger partial charge on any atom is -0.481 e. The first-order chi connectivity index (χ1) is 8.00. The van der Waals surface area contributed by atoms with Crippen LogP contribution in [-0.2, 0) is 9.59 Å². The molecule has 1 N–H and O–H groups in total. The van der Waals surface area contributed by atoms with E-state index in [0.29, 0.717) is 0 Å². The molecule has 0 spiro atoms. The van der Waals surface area contributed by atoms with Crippen molar-refractivity contribution in [1.82, 2.24) is 0 Å². The molecule has 0 unspecified atom stereocenters. The lowest BCUT2D eigenvalue weighted by atomic mass is 10.2. The van der Waals surface area contributed by atoms with E-state index in [4.69, 9.17) is 5.11 Å². The molecule has 1 aromatic rings. The largest absolute Gasteiger partial charge is 0.481 e. The van der Waals surface area contributed by atoms with Crippen molar-refractivity contribution in [3.8, 4) is 0 Å². The number of hydrogen-bond acceptors (Lipinski definition) is 3. The van der Waals surface area contributed by atoms with Crippen molar-refractivity contribution < 1.29 is 14.7 Å². The van der Waals surface area contributed by atoms with Crippen LogP contribution in [-0.4, -0.2) is 35.5 Å². The van der Waals surface area contributed by atoms with Crippen LogP contribution in [0.3, 0.4) is 0 Å². The molecule has 0 aliphatic rings. The average Bonchev–Trinajstić information content (AvgIpc) is 2.27. The van der Waals surface area contributed by atoms with Crippen molar-refractivity contribution in [1.29, 1.82) is 0 Å². The number of carbonyl (C=O) groups is 2. The number of aliphatic carboxylic acids is 1. The number of benzene rings is 1. The first-order valence-corrected chi connectivity index (χ1v) is 6.29. The van der Waals surface area contributed by atoms with Crippen molar-refractivity contribution >= 4 is 29.3 Å². The summed E-state index contributed by atoms with van der Waals surface area (Å²) in [4.78, 5) is 23.6. The van der Waals surface area contributed by atoms with E-state index in [1.54, 1.807) is 11.9 Å². The molecular weight excluding hydrogens is 238 g/mol. The van der Waals surface area contributed by atoms with Gasteiger partial charge in [0.15, 0.2) is 0 Å². The fraction of sp³-hybridized carbons (Fsp3) is 0.333. The van der Waals surface area contributed by atoms with Crippen LogP contribution in [0.4, 0.5) is 5.69 Å². The van der Waals surface area contributed by atoms with Crippen LogP contribution in [0.15, 0.2) is 24.3 Å². The number of nitrogens with zero attached hydrogens (tertiary/aromatic N) is 1. The predicted molar refractivity (Wildman–Crippen MR) is 69.5 cm³/mol. The zero-order valence-electron chi connectivity index (χ0n) is 9.84. The number of carbonyl (C=O) groups excluding carboxylic acids is 1. The molecule has 92 valence electrons. The second-order valence-electron chi connectivity index (χ2n) is 3.68. The van der Waals surface area contributed by atoms with E-state index in [0.717, 1.165) is 23.0 Å². The second kappa shape index (κ2) is 6.30. The first kappa shape index (κ1) is 13.6. The van der Waals surface area contributed by atoms with Gasteiger partial charge in [0, 0.05) is 12.7 Å². The van der Waals surface area contributed by atoms with E-state index in [-0.39, 0.29) is 17.4 Å². The topological polar surface area (TPSA) is 57.6 Å². The van der Waals surface area contributed by atoms with Crippen molar-refractivity contribution in [2.24, 2.45) is 0 Å². The quantitative estimate of drug-likeness (QED) is 0.869. The number of rotatable bonds is 5. The van der Waals surface area contributed by atoms with Crippen LogP contribution in [0.1, 0.15) is 5.56 Å². The lowest BCUT2D eigenvalue weighted by Gasteiger charge is -2.17. The number of carboxylic acid groups (broad SMARTS) is 1. The highest BCUT2D eigenvalue weighted by atomic mass is 32.2. The summed E-state index contributed by atoms with van der Waals surface area (Å²) in [6.07, 6.45) is 0. The van der Waals surface area contributed by atoms with Crippen molar-refractivity contribution in [2.75, 3.05) is 23.5 Å². The van der Waals surface area contributed by atoms with Crippen LogP contribution in [0.2, 0.25) is 0 Å². The van der Waals surface area contributed by atoms with Gasteiger partial charge in [0.25, 0.3) is 0 Å². The molecule has 0 aliphatic carbocycles. The smallest absolute Gasteiger partial charge is 0.313 e. The number of aryl methyl sites for hydroxylation is 1. The van der Waals surface area contributed by atoms with Crippen LogP contribution in [0.25, 0.3) is 0 Å². The predicted octanol–water partition coefficient (Wildman–Crippen LogP) is 1.78. The summed E-state index contributed by atoms with van der Waals surface area (Å²) in [7, 11) is 1.69. The molecule has 1 rings (SSSR count). The van der Waals surface area contributed by atoms with Gasteiger partial charge in [0.2, 0.25) is 5.91 Å². The zero-order valence-corrected chi connectivity index (χ0v) is 10.7. The number of hydrogen-bond donors (Lipinski definition) is 1. The molecule has 4 nitrogen and oxygen atoms in total. The normalized spacial score (nSPS) is 10.0. The van der Waals surface area contributed by atoms with Crippen molar-refractivity contribution in [3.05, 3.63) is 29.8 Å². The molecule has 0 atom stereocenters. The monoisotopic (exact) mass is 253 g/mol. The molecule has 0 saturated heterocycles. The maximum Gasteiger partial charge on any atom is 0.313 e. The number of amides is 1. The van der Waals surface area contributed by atoms with E-state index in [2.05, 4.69) is 0 Å². The van der Waals surface area contributed by atoms with E-state index in [1.165, 1.54) is 0 Å². The standard InChI is InChI=1S/C12H15NO3S/c1-9-4-3-5-10(6-9)13(2)11(14)7-17-8-12(15)16/h3-6H,7-8H2,1-2H3,(H,15,16). The Labute approximate surface area is 105 Å². The highest BCUT2D eigenvalue weighted by Gasteiger charge is 2.11. The first-order valence-electron chi connectivity index (χ1n) is 5.13. The van der Waals surface area contributed by atoms with E-state index in [1.807, 2.05) is 31.2 Å². The third kappa shape index (κ3) is 4.48. The van der Waals surface area contributed by atoms with Gasteiger partial charge < -0.3 is 10.0 Å². The van der Waals surface area contributed by atoms with E-state index >= 15 is 0 Å². The average molecular weight is 253 g/mol. The Balaban J connectivity index is 2.54. The molecule has 0 saturated carbocycles. The Morgan fingerprint density at radius 1 is 1.35 bits per heavy atom. The molecule has 0 fully saturated rings. The lowest BCUT2D eigenvalue weighted by molar-refractivity contribution is -0.133. The summed E-state index contributed by atoms with van der Waals surface area (Å²) < 4.78 is 0. The van der Waals surface area contributed by atoms with Gasteiger partial charge >= 0.3 is 5.97 Å². The molecule has 1 amide bonds.